The van der Waals surface area contributed by atoms with Gasteiger partial charge >= 0.3 is 0 Å². The monoisotopic (exact) mass is 290 g/mol. The highest BCUT2D eigenvalue weighted by Gasteiger charge is 2.07. The van der Waals surface area contributed by atoms with Crippen LogP contribution >= 0.6 is 0 Å². The van der Waals surface area contributed by atoms with Crippen LogP contribution in [0.25, 0.3) is 0 Å². The van der Waals surface area contributed by atoms with Crippen molar-refractivity contribution in [1.29, 1.82) is 0 Å². The van der Waals surface area contributed by atoms with E-state index in [4.69, 9.17) is 4.52 Å². The normalized spacial score (nSPS) is 11.9. The van der Waals surface area contributed by atoms with Crippen molar-refractivity contribution in [2.45, 2.75) is 32.9 Å². The van der Waals surface area contributed by atoms with E-state index in [1.54, 1.807) is 19.6 Å². The third kappa shape index (κ3) is 4.62. The number of imidazole rings is 1. The summed E-state index contributed by atoms with van der Waals surface area (Å²) in [6, 6.07) is 1.97. The average Bonchev–Trinajstić information content (AvgIpc) is 3.13. The van der Waals surface area contributed by atoms with Gasteiger partial charge in [0.15, 0.2) is 11.7 Å². The number of nitrogens with one attached hydrogen (secondary N) is 2. The van der Waals surface area contributed by atoms with Crippen LogP contribution in [0.1, 0.15) is 31.2 Å². The number of guanidine groups is 1. The van der Waals surface area contributed by atoms with Gasteiger partial charge in [-0.25, -0.2) is 4.98 Å². The van der Waals surface area contributed by atoms with Crippen molar-refractivity contribution in [3.63, 3.8) is 0 Å². The lowest BCUT2D eigenvalue weighted by molar-refractivity contribution is 0.372. The summed E-state index contributed by atoms with van der Waals surface area (Å²) in [6.45, 7) is 6.34. The van der Waals surface area contributed by atoms with Crippen LogP contribution in [0, 0.1) is 0 Å². The Labute approximate surface area is 124 Å². The summed E-state index contributed by atoms with van der Waals surface area (Å²) >= 11 is 0. The summed E-state index contributed by atoms with van der Waals surface area (Å²) in [5.74, 6) is 1.91. The Balaban J connectivity index is 1.74. The van der Waals surface area contributed by atoms with Gasteiger partial charge in [0.1, 0.15) is 0 Å². The van der Waals surface area contributed by atoms with Crippen molar-refractivity contribution >= 4 is 5.96 Å². The molecule has 0 spiro atoms. The molecule has 0 amide bonds. The van der Waals surface area contributed by atoms with Crippen LogP contribution in [-0.4, -0.2) is 34.3 Å². The molecule has 0 aliphatic carbocycles. The summed E-state index contributed by atoms with van der Waals surface area (Å²) < 4.78 is 7.28. The van der Waals surface area contributed by atoms with E-state index in [-0.39, 0.29) is 0 Å². The Bertz CT molecular complexity index is 558. The summed E-state index contributed by atoms with van der Waals surface area (Å²) in [6.07, 6.45) is 5.49. The summed E-state index contributed by atoms with van der Waals surface area (Å²) in [7, 11) is 1.74. The molecule has 2 heterocycles. The standard InChI is InChI=1S/C14H22N6O/c1-11(2)13-8-12(21-19-13)9-18-14(15-3)17-5-7-20-6-4-16-10-20/h4,6,8,10-11H,5,7,9H2,1-3H3,(H2,15,17,18). The van der Waals surface area contributed by atoms with Gasteiger partial charge in [-0.05, 0) is 5.92 Å². The van der Waals surface area contributed by atoms with Crippen molar-refractivity contribution < 1.29 is 4.52 Å². The van der Waals surface area contributed by atoms with E-state index >= 15 is 0 Å². The number of nitrogens with zero attached hydrogens (tertiary/aromatic N) is 4. The third-order valence-corrected chi connectivity index (χ3v) is 3.04. The van der Waals surface area contributed by atoms with Gasteiger partial charge in [0, 0.05) is 38.6 Å². The fourth-order valence-electron chi connectivity index (χ4n) is 1.80. The highest BCUT2D eigenvalue weighted by Crippen LogP contribution is 2.13. The number of hydrogen-bond donors (Lipinski definition) is 2. The molecule has 0 saturated carbocycles. The number of rotatable bonds is 6. The minimum absolute atomic E-state index is 0.370. The van der Waals surface area contributed by atoms with Crippen molar-refractivity contribution in [2.24, 2.45) is 4.99 Å². The molecule has 0 aromatic carbocycles. The van der Waals surface area contributed by atoms with Crippen LogP contribution < -0.4 is 10.6 Å². The second kappa shape index (κ2) is 7.47. The molecule has 114 valence electrons. The quantitative estimate of drug-likeness (QED) is 0.620. The Kier molecular flexibility index (Phi) is 5.36. The van der Waals surface area contributed by atoms with Gasteiger partial charge < -0.3 is 19.7 Å². The zero-order chi connectivity index (χ0) is 15.1. The van der Waals surface area contributed by atoms with Gasteiger partial charge in [-0.3, -0.25) is 4.99 Å². The lowest BCUT2D eigenvalue weighted by Gasteiger charge is -2.10. The van der Waals surface area contributed by atoms with E-state index < -0.39 is 0 Å². The van der Waals surface area contributed by atoms with Crippen molar-refractivity contribution in [3.8, 4) is 0 Å². The first-order valence-electron chi connectivity index (χ1n) is 7.04. The molecule has 2 aromatic heterocycles. The van der Waals surface area contributed by atoms with Gasteiger partial charge in [-0.2, -0.15) is 0 Å². The maximum absolute atomic E-state index is 5.28. The minimum Gasteiger partial charge on any atom is -0.359 e. The fourth-order valence-corrected chi connectivity index (χ4v) is 1.80. The largest absolute Gasteiger partial charge is 0.359 e. The van der Waals surface area contributed by atoms with Crippen molar-refractivity contribution in [2.75, 3.05) is 13.6 Å². The molecule has 0 bridgehead atoms. The molecule has 0 aliphatic heterocycles. The molecule has 21 heavy (non-hydrogen) atoms. The molecule has 0 fully saturated rings. The maximum atomic E-state index is 5.28. The Hall–Kier alpha value is -2.31. The lowest BCUT2D eigenvalue weighted by atomic mass is 10.1. The van der Waals surface area contributed by atoms with Gasteiger partial charge in [0.2, 0.25) is 0 Å². The van der Waals surface area contributed by atoms with Gasteiger partial charge in [-0.15, -0.1) is 0 Å². The molecule has 0 atom stereocenters. The molecule has 7 nitrogen and oxygen atoms in total. The second-order valence-electron chi connectivity index (χ2n) is 5.03. The van der Waals surface area contributed by atoms with Crippen LogP contribution in [0.15, 0.2) is 34.3 Å². The number of aliphatic imine (C=N–C) groups is 1. The van der Waals surface area contributed by atoms with Crippen LogP contribution in [0.2, 0.25) is 0 Å². The van der Waals surface area contributed by atoms with E-state index in [9.17, 15) is 0 Å². The molecule has 2 N–H and O–H groups in total. The topological polar surface area (TPSA) is 80.3 Å². The smallest absolute Gasteiger partial charge is 0.191 e. The van der Waals surface area contributed by atoms with E-state index in [1.165, 1.54) is 0 Å². The Morgan fingerprint density at radius 2 is 2.29 bits per heavy atom. The molecule has 0 saturated heterocycles. The molecule has 0 unspecified atom stereocenters. The van der Waals surface area contributed by atoms with E-state index in [1.807, 2.05) is 16.8 Å². The fraction of sp³-hybridized carbons (Fsp3) is 0.500. The van der Waals surface area contributed by atoms with E-state index in [2.05, 4.69) is 39.6 Å². The summed E-state index contributed by atoms with van der Waals surface area (Å²) in [5, 5.41) is 10.5. The number of hydrogen-bond acceptors (Lipinski definition) is 4. The van der Waals surface area contributed by atoms with E-state index in [0.29, 0.717) is 12.5 Å². The molecule has 2 aromatic rings. The highest BCUT2D eigenvalue weighted by atomic mass is 16.5. The predicted molar refractivity (Wildman–Crippen MR) is 81.0 cm³/mol. The first kappa shape index (κ1) is 15.1. The zero-order valence-electron chi connectivity index (χ0n) is 12.7. The van der Waals surface area contributed by atoms with Crippen LogP contribution in [-0.2, 0) is 13.1 Å². The third-order valence-electron chi connectivity index (χ3n) is 3.04. The SMILES string of the molecule is CN=C(NCCn1ccnc1)NCc1cc(C(C)C)no1. The van der Waals surface area contributed by atoms with Crippen LogP contribution in [0.4, 0.5) is 0 Å². The first-order valence-corrected chi connectivity index (χ1v) is 7.04. The minimum atomic E-state index is 0.370. The molecule has 0 aliphatic rings. The highest BCUT2D eigenvalue weighted by molar-refractivity contribution is 5.79. The molecular weight excluding hydrogens is 268 g/mol. The van der Waals surface area contributed by atoms with Crippen molar-refractivity contribution in [3.05, 3.63) is 36.2 Å². The van der Waals surface area contributed by atoms with Crippen LogP contribution in [0.5, 0.6) is 0 Å². The van der Waals surface area contributed by atoms with Crippen molar-refractivity contribution in [1.82, 2.24) is 25.3 Å². The first-order chi connectivity index (χ1) is 10.2. The van der Waals surface area contributed by atoms with Gasteiger partial charge in [0.25, 0.3) is 0 Å². The molecule has 0 radical (unpaired) electrons. The molecule has 2 rings (SSSR count). The maximum Gasteiger partial charge on any atom is 0.191 e. The molecular formula is C14H22N6O. The number of aromatic nitrogens is 3. The van der Waals surface area contributed by atoms with Gasteiger partial charge in [-0.1, -0.05) is 19.0 Å². The molecule has 7 heteroatoms. The second-order valence-corrected chi connectivity index (χ2v) is 5.03. The van der Waals surface area contributed by atoms with Gasteiger partial charge in [0.05, 0.1) is 18.6 Å². The lowest BCUT2D eigenvalue weighted by Crippen LogP contribution is -2.38. The van der Waals surface area contributed by atoms with Crippen LogP contribution in [0.3, 0.4) is 0 Å². The summed E-state index contributed by atoms with van der Waals surface area (Å²) in [4.78, 5) is 8.17. The summed E-state index contributed by atoms with van der Waals surface area (Å²) in [5.41, 5.74) is 0.967. The Morgan fingerprint density at radius 3 is 2.90 bits per heavy atom. The average molecular weight is 290 g/mol. The Morgan fingerprint density at radius 1 is 1.43 bits per heavy atom. The predicted octanol–water partition coefficient (Wildman–Crippen LogP) is 1.36. The van der Waals surface area contributed by atoms with E-state index in [0.717, 1.165) is 30.5 Å². The zero-order valence-corrected chi connectivity index (χ0v) is 12.7.